The maximum Gasteiger partial charge on any atom is 0.0624 e. The van der Waals surface area contributed by atoms with Gasteiger partial charge in [-0.15, -0.1) is 11.8 Å². The Bertz CT molecular complexity index is 280. The van der Waals surface area contributed by atoms with Gasteiger partial charge in [0.2, 0.25) is 0 Å². The number of methoxy groups -OCH3 is 1. The van der Waals surface area contributed by atoms with Gasteiger partial charge in [0.25, 0.3) is 0 Å². The molecule has 0 saturated heterocycles. The standard InChI is InChI=1S/C13H21NOS/c1-4-14-12(9-15-3)10-16-13-7-5-11(2)6-8-13/h5-8,12,14H,4,9-10H2,1-3H3. The van der Waals surface area contributed by atoms with Gasteiger partial charge in [0.05, 0.1) is 6.61 Å². The first-order valence-corrected chi connectivity index (χ1v) is 6.66. The van der Waals surface area contributed by atoms with Crippen LogP contribution in [-0.2, 0) is 4.74 Å². The number of thioether (sulfide) groups is 1. The van der Waals surface area contributed by atoms with Crippen molar-refractivity contribution in [3.8, 4) is 0 Å². The molecule has 0 spiro atoms. The number of benzene rings is 1. The van der Waals surface area contributed by atoms with Crippen molar-refractivity contribution in [3.63, 3.8) is 0 Å². The molecule has 2 nitrogen and oxygen atoms in total. The molecule has 3 heteroatoms. The molecular formula is C13H21NOS. The third-order valence-corrected chi connectivity index (χ3v) is 3.51. The predicted molar refractivity (Wildman–Crippen MR) is 71.2 cm³/mol. The zero-order chi connectivity index (χ0) is 11.8. The second-order valence-corrected chi connectivity index (χ2v) is 4.93. The summed E-state index contributed by atoms with van der Waals surface area (Å²) in [5, 5.41) is 3.42. The highest BCUT2D eigenvalue weighted by Gasteiger charge is 2.06. The summed E-state index contributed by atoms with van der Waals surface area (Å²) in [7, 11) is 1.75. The molecule has 0 saturated carbocycles. The third-order valence-electron chi connectivity index (χ3n) is 2.33. The lowest BCUT2D eigenvalue weighted by Crippen LogP contribution is -2.35. The molecule has 1 N–H and O–H groups in total. The van der Waals surface area contributed by atoms with Crippen LogP contribution in [-0.4, -0.2) is 32.1 Å². The Balaban J connectivity index is 2.38. The summed E-state index contributed by atoms with van der Waals surface area (Å²) >= 11 is 1.87. The number of rotatable bonds is 7. The van der Waals surface area contributed by atoms with E-state index in [0.717, 1.165) is 18.9 Å². The van der Waals surface area contributed by atoms with E-state index in [1.54, 1.807) is 7.11 Å². The van der Waals surface area contributed by atoms with E-state index >= 15 is 0 Å². The second kappa shape index (κ2) is 7.71. The minimum atomic E-state index is 0.432. The van der Waals surface area contributed by atoms with Crippen molar-refractivity contribution < 1.29 is 4.74 Å². The zero-order valence-corrected chi connectivity index (χ0v) is 11.1. The monoisotopic (exact) mass is 239 g/mol. The lowest BCUT2D eigenvalue weighted by molar-refractivity contribution is 0.174. The van der Waals surface area contributed by atoms with Crippen LogP contribution in [0.1, 0.15) is 12.5 Å². The molecule has 0 bridgehead atoms. The molecule has 0 aliphatic carbocycles. The number of hydrogen-bond donors (Lipinski definition) is 1. The van der Waals surface area contributed by atoms with E-state index in [1.165, 1.54) is 10.5 Å². The highest BCUT2D eigenvalue weighted by atomic mass is 32.2. The van der Waals surface area contributed by atoms with Gasteiger partial charge in [0.1, 0.15) is 0 Å². The van der Waals surface area contributed by atoms with Crippen LogP contribution in [0.3, 0.4) is 0 Å². The van der Waals surface area contributed by atoms with Crippen LogP contribution in [0.4, 0.5) is 0 Å². The van der Waals surface area contributed by atoms with Gasteiger partial charge in [-0.3, -0.25) is 0 Å². The van der Waals surface area contributed by atoms with E-state index < -0.39 is 0 Å². The van der Waals surface area contributed by atoms with Crippen LogP contribution in [0.2, 0.25) is 0 Å². The first-order valence-electron chi connectivity index (χ1n) is 5.68. The van der Waals surface area contributed by atoms with E-state index in [0.29, 0.717) is 6.04 Å². The average Bonchev–Trinajstić information content (AvgIpc) is 2.29. The Morgan fingerprint density at radius 3 is 2.56 bits per heavy atom. The fourth-order valence-corrected chi connectivity index (χ4v) is 2.42. The molecule has 0 radical (unpaired) electrons. The Morgan fingerprint density at radius 1 is 1.31 bits per heavy atom. The summed E-state index contributed by atoms with van der Waals surface area (Å²) in [6.45, 7) is 6.00. The van der Waals surface area contributed by atoms with E-state index in [-0.39, 0.29) is 0 Å². The highest BCUT2D eigenvalue weighted by molar-refractivity contribution is 7.99. The lowest BCUT2D eigenvalue weighted by atomic mass is 10.2. The van der Waals surface area contributed by atoms with Gasteiger partial charge in [-0.1, -0.05) is 24.6 Å². The maximum absolute atomic E-state index is 5.19. The van der Waals surface area contributed by atoms with Crippen molar-refractivity contribution in [2.24, 2.45) is 0 Å². The molecule has 1 atom stereocenters. The summed E-state index contributed by atoms with van der Waals surface area (Å²) in [5.41, 5.74) is 1.31. The molecular weight excluding hydrogens is 218 g/mol. The number of nitrogens with one attached hydrogen (secondary N) is 1. The highest BCUT2D eigenvalue weighted by Crippen LogP contribution is 2.19. The summed E-state index contributed by atoms with van der Waals surface area (Å²) < 4.78 is 5.19. The lowest BCUT2D eigenvalue weighted by Gasteiger charge is -2.16. The van der Waals surface area contributed by atoms with Gasteiger partial charge in [-0.05, 0) is 25.6 Å². The second-order valence-electron chi connectivity index (χ2n) is 3.83. The number of hydrogen-bond acceptors (Lipinski definition) is 3. The number of aryl methyl sites for hydroxylation is 1. The van der Waals surface area contributed by atoms with E-state index in [9.17, 15) is 0 Å². The van der Waals surface area contributed by atoms with Gasteiger partial charge in [-0.25, -0.2) is 0 Å². The van der Waals surface area contributed by atoms with Crippen LogP contribution < -0.4 is 5.32 Å². The molecule has 0 aromatic heterocycles. The number of ether oxygens (including phenoxy) is 1. The summed E-state index contributed by atoms with van der Waals surface area (Å²) in [4.78, 5) is 1.32. The van der Waals surface area contributed by atoms with Gasteiger partial charge in [-0.2, -0.15) is 0 Å². The van der Waals surface area contributed by atoms with Crippen molar-refractivity contribution in [1.82, 2.24) is 5.32 Å². The molecule has 1 aromatic rings. The van der Waals surface area contributed by atoms with Crippen LogP contribution in [0.15, 0.2) is 29.2 Å². The first kappa shape index (κ1) is 13.6. The SMILES string of the molecule is CCNC(COC)CSc1ccc(C)cc1. The molecule has 0 heterocycles. The molecule has 1 rings (SSSR count). The number of likely N-dealkylation sites (N-methyl/N-ethyl adjacent to an activating group) is 1. The molecule has 0 aliphatic heterocycles. The van der Waals surface area contributed by atoms with Crippen molar-refractivity contribution in [2.75, 3.05) is 26.0 Å². The van der Waals surface area contributed by atoms with Crippen LogP contribution >= 0.6 is 11.8 Å². The third kappa shape index (κ3) is 5.01. The largest absolute Gasteiger partial charge is 0.383 e. The fourth-order valence-electron chi connectivity index (χ4n) is 1.49. The van der Waals surface area contributed by atoms with E-state index in [1.807, 2.05) is 11.8 Å². The summed E-state index contributed by atoms with van der Waals surface area (Å²) in [6, 6.07) is 9.09. The van der Waals surface area contributed by atoms with Gasteiger partial charge < -0.3 is 10.1 Å². The molecule has 16 heavy (non-hydrogen) atoms. The van der Waals surface area contributed by atoms with E-state index in [4.69, 9.17) is 4.74 Å². The fraction of sp³-hybridized carbons (Fsp3) is 0.538. The molecule has 1 unspecified atom stereocenters. The Kier molecular flexibility index (Phi) is 6.53. The molecule has 0 aliphatic rings. The smallest absolute Gasteiger partial charge is 0.0624 e. The molecule has 90 valence electrons. The molecule has 0 amide bonds. The van der Waals surface area contributed by atoms with Gasteiger partial charge in [0.15, 0.2) is 0 Å². The summed E-state index contributed by atoms with van der Waals surface area (Å²) in [5.74, 6) is 1.05. The van der Waals surface area contributed by atoms with Gasteiger partial charge >= 0.3 is 0 Å². The summed E-state index contributed by atoms with van der Waals surface area (Å²) in [6.07, 6.45) is 0. The molecule has 1 aromatic carbocycles. The van der Waals surface area contributed by atoms with Crippen molar-refractivity contribution in [3.05, 3.63) is 29.8 Å². The van der Waals surface area contributed by atoms with E-state index in [2.05, 4.69) is 43.4 Å². The maximum atomic E-state index is 5.19. The Labute approximate surface area is 103 Å². The average molecular weight is 239 g/mol. The Morgan fingerprint density at radius 2 is 2.00 bits per heavy atom. The Hall–Kier alpha value is -0.510. The molecule has 0 fully saturated rings. The minimum Gasteiger partial charge on any atom is -0.383 e. The van der Waals surface area contributed by atoms with Crippen molar-refractivity contribution in [1.29, 1.82) is 0 Å². The topological polar surface area (TPSA) is 21.3 Å². The first-order chi connectivity index (χ1) is 7.76. The van der Waals surface area contributed by atoms with Crippen LogP contribution in [0.5, 0.6) is 0 Å². The van der Waals surface area contributed by atoms with Crippen LogP contribution in [0, 0.1) is 6.92 Å². The minimum absolute atomic E-state index is 0.432. The zero-order valence-electron chi connectivity index (χ0n) is 10.3. The van der Waals surface area contributed by atoms with Crippen LogP contribution in [0.25, 0.3) is 0 Å². The quantitative estimate of drug-likeness (QED) is 0.739. The van der Waals surface area contributed by atoms with Crippen molar-refractivity contribution in [2.45, 2.75) is 24.8 Å². The van der Waals surface area contributed by atoms with Crippen molar-refractivity contribution >= 4 is 11.8 Å². The van der Waals surface area contributed by atoms with Gasteiger partial charge in [0, 0.05) is 23.8 Å². The normalized spacial score (nSPS) is 12.7. The predicted octanol–water partition coefficient (Wildman–Crippen LogP) is 2.71.